The van der Waals surface area contributed by atoms with Gasteiger partial charge < -0.3 is 5.11 Å². The average Bonchev–Trinajstić information content (AvgIpc) is 1.90. The van der Waals surface area contributed by atoms with Crippen LogP contribution in [-0.2, 0) is 6.61 Å². The number of aromatic nitrogens is 1. The number of aliphatic hydroxyl groups excluding tert-OH is 1. The van der Waals surface area contributed by atoms with Crippen LogP contribution in [0.1, 0.15) is 5.69 Å². The maximum absolute atomic E-state index is 8.48. The van der Waals surface area contributed by atoms with Gasteiger partial charge in [-0.1, -0.05) is 6.07 Å². The zero-order valence-corrected chi connectivity index (χ0v) is 5.64. The summed E-state index contributed by atoms with van der Waals surface area (Å²) in [5.41, 5.74) is 0.715. The van der Waals surface area contributed by atoms with Gasteiger partial charge in [-0.2, -0.15) is 0 Å². The van der Waals surface area contributed by atoms with Crippen LogP contribution in [0.25, 0.3) is 0 Å². The molecule has 3 heteroatoms. The predicted molar refractivity (Wildman–Crippen MR) is 37.4 cm³/mol. The molecule has 1 N–H and O–H groups in total. The number of halogens is 1. The van der Waals surface area contributed by atoms with E-state index in [0.29, 0.717) is 5.69 Å². The second kappa shape index (κ2) is 4.30. The number of hydrogen-bond acceptors (Lipinski definition) is 2. The summed E-state index contributed by atoms with van der Waals surface area (Å²) in [6, 6.07) is 5.44. The van der Waals surface area contributed by atoms with Gasteiger partial charge in [-0.05, 0) is 12.1 Å². The molecule has 0 fully saturated rings. The lowest BCUT2D eigenvalue weighted by atomic mass is 10.4. The number of aliphatic hydroxyl groups is 1. The Morgan fingerprint density at radius 2 is 2.22 bits per heavy atom. The highest BCUT2D eigenvalue weighted by molar-refractivity contribution is 5.85. The van der Waals surface area contributed by atoms with E-state index in [1.807, 2.05) is 12.1 Å². The van der Waals surface area contributed by atoms with Crippen molar-refractivity contribution in [3.8, 4) is 0 Å². The monoisotopic (exact) mass is 145 g/mol. The van der Waals surface area contributed by atoms with Crippen molar-refractivity contribution in [3.63, 3.8) is 0 Å². The molecule has 0 saturated carbocycles. The molecular formula is C6H8ClNO. The molecule has 0 aliphatic heterocycles. The van der Waals surface area contributed by atoms with Crippen molar-refractivity contribution in [1.82, 2.24) is 4.98 Å². The zero-order valence-electron chi connectivity index (χ0n) is 4.82. The van der Waals surface area contributed by atoms with Crippen molar-refractivity contribution in [2.75, 3.05) is 0 Å². The molecule has 2 nitrogen and oxygen atoms in total. The Balaban J connectivity index is 0.000000640. The SMILES string of the molecule is Cl.OCc1ccccn1. The maximum Gasteiger partial charge on any atom is 0.0852 e. The highest BCUT2D eigenvalue weighted by Crippen LogP contribution is 1.89. The molecule has 1 heterocycles. The van der Waals surface area contributed by atoms with Gasteiger partial charge in [-0.3, -0.25) is 4.98 Å². The van der Waals surface area contributed by atoms with Gasteiger partial charge in [0, 0.05) is 6.20 Å². The Hall–Kier alpha value is -0.600. The molecule has 50 valence electrons. The van der Waals surface area contributed by atoms with Crippen LogP contribution in [0.5, 0.6) is 0 Å². The second-order valence-corrected chi connectivity index (χ2v) is 1.48. The van der Waals surface area contributed by atoms with Gasteiger partial charge in [0.1, 0.15) is 0 Å². The largest absolute Gasteiger partial charge is 0.390 e. The Bertz CT molecular complexity index is 154. The zero-order chi connectivity index (χ0) is 5.82. The standard InChI is InChI=1S/C6H7NO.ClH/c8-5-6-3-1-2-4-7-6;/h1-4,8H,5H2;1H. The minimum absolute atomic E-state index is 0. The normalized spacial score (nSPS) is 8.11. The Labute approximate surface area is 60.0 Å². The fraction of sp³-hybridized carbons (Fsp3) is 0.167. The summed E-state index contributed by atoms with van der Waals surface area (Å²) in [6.07, 6.45) is 1.66. The first kappa shape index (κ1) is 8.40. The van der Waals surface area contributed by atoms with Gasteiger partial charge in [-0.25, -0.2) is 0 Å². The van der Waals surface area contributed by atoms with E-state index in [0.717, 1.165) is 0 Å². The molecule has 0 saturated heterocycles. The molecule has 0 radical (unpaired) electrons. The van der Waals surface area contributed by atoms with Crippen LogP contribution < -0.4 is 0 Å². The van der Waals surface area contributed by atoms with E-state index >= 15 is 0 Å². The van der Waals surface area contributed by atoms with Gasteiger partial charge in [0.05, 0.1) is 12.3 Å². The molecule has 1 rings (SSSR count). The molecular weight excluding hydrogens is 138 g/mol. The van der Waals surface area contributed by atoms with E-state index in [9.17, 15) is 0 Å². The van der Waals surface area contributed by atoms with Crippen LogP contribution >= 0.6 is 12.4 Å². The van der Waals surface area contributed by atoms with E-state index in [1.54, 1.807) is 12.3 Å². The molecule has 0 unspecified atom stereocenters. The predicted octanol–water partition coefficient (Wildman–Crippen LogP) is 0.996. The van der Waals surface area contributed by atoms with Crippen molar-refractivity contribution >= 4 is 12.4 Å². The number of pyridine rings is 1. The van der Waals surface area contributed by atoms with E-state index in [4.69, 9.17) is 5.11 Å². The molecule has 1 aromatic heterocycles. The molecule has 0 aliphatic rings. The molecule has 0 spiro atoms. The Morgan fingerprint density at radius 3 is 2.56 bits per heavy atom. The molecule has 9 heavy (non-hydrogen) atoms. The highest BCUT2D eigenvalue weighted by Gasteiger charge is 1.82. The van der Waals surface area contributed by atoms with Gasteiger partial charge in [-0.15, -0.1) is 12.4 Å². The summed E-state index contributed by atoms with van der Waals surface area (Å²) < 4.78 is 0. The lowest BCUT2D eigenvalue weighted by Crippen LogP contribution is -1.84. The average molecular weight is 146 g/mol. The first-order valence-electron chi connectivity index (χ1n) is 2.44. The fourth-order valence-corrected chi connectivity index (χ4v) is 0.492. The molecule has 0 aromatic carbocycles. The van der Waals surface area contributed by atoms with Gasteiger partial charge >= 0.3 is 0 Å². The molecule has 0 bridgehead atoms. The molecule has 0 atom stereocenters. The minimum atomic E-state index is 0. The van der Waals surface area contributed by atoms with Crippen LogP contribution in [0, 0.1) is 0 Å². The van der Waals surface area contributed by atoms with E-state index in [2.05, 4.69) is 4.98 Å². The fourth-order valence-electron chi connectivity index (χ4n) is 0.492. The number of rotatable bonds is 1. The number of hydrogen-bond donors (Lipinski definition) is 1. The van der Waals surface area contributed by atoms with Gasteiger partial charge in [0.25, 0.3) is 0 Å². The summed E-state index contributed by atoms with van der Waals surface area (Å²) in [5.74, 6) is 0. The van der Waals surface area contributed by atoms with Crippen molar-refractivity contribution in [2.24, 2.45) is 0 Å². The first-order chi connectivity index (χ1) is 3.93. The highest BCUT2D eigenvalue weighted by atomic mass is 35.5. The molecule has 0 aliphatic carbocycles. The summed E-state index contributed by atoms with van der Waals surface area (Å²) in [7, 11) is 0. The Morgan fingerprint density at radius 1 is 1.44 bits per heavy atom. The van der Waals surface area contributed by atoms with Crippen molar-refractivity contribution in [1.29, 1.82) is 0 Å². The van der Waals surface area contributed by atoms with Crippen molar-refractivity contribution < 1.29 is 5.11 Å². The van der Waals surface area contributed by atoms with Crippen LogP contribution in [0.2, 0.25) is 0 Å². The van der Waals surface area contributed by atoms with Crippen LogP contribution in [0.3, 0.4) is 0 Å². The van der Waals surface area contributed by atoms with Crippen LogP contribution in [-0.4, -0.2) is 10.1 Å². The van der Waals surface area contributed by atoms with Crippen molar-refractivity contribution in [3.05, 3.63) is 30.1 Å². The summed E-state index contributed by atoms with van der Waals surface area (Å²) >= 11 is 0. The maximum atomic E-state index is 8.48. The first-order valence-corrected chi connectivity index (χ1v) is 2.44. The molecule has 0 amide bonds. The van der Waals surface area contributed by atoms with Crippen LogP contribution in [0.4, 0.5) is 0 Å². The molecule has 1 aromatic rings. The van der Waals surface area contributed by atoms with Gasteiger partial charge in [0.2, 0.25) is 0 Å². The van der Waals surface area contributed by atoms with E-state index in [-0.39, 0.29) is 19.0 Å². The quantitative estimate of drug-likeness (QED) is 0.640. The van der Waals surface area contributed by atoms with Crippen molar-refractivity contribution in [2.45, 2.75) is 6.61 Å². The topological polar surface area (TPSA) is 33.1 Å². The minimum Gasteiger partial charge on any atom is -0.390 e. The Kier molecular flexibility index (Phi) is 4.01. The lowest BCUT2D eigenvalue weighted by molar-refractivity contribution is 0.277. The van der Waals surface area contributed by atoms with E-state index < -0.39 is 0 Å². The van der Waals surface area contributed by atoms with Crippen LogP contribution in [0.15, 0.2) is 24.4 Å². The summed E-state index contributed by atoms with van der Waals surface area (Å²) in [4.78, 5) is 3.85. The summed E-state index contributed by atoms with van der Waals surface area (Å²) in [6.45, 7) is 0.0286. The second-order valence-electron chi connectivity index (χ2n) is 1.48. The third-order valence-electron chi connectivity index (χ3n) is 0.888. The number of nitrogens with zero attached hydrogens (tertiary/aromatic N) is 1. The lowest BCUT2D eigenvalue weighted by Gasteiger charge is -1.88. The third-order valence-corrected chi connectivity index (χ3v) is 0.888. The summed E-state index contributed by atoms with van der Waals surface area (Å²) in [5, 5.41) is 8.48. The van der Waals surface area contributed by atoms with E-state index in [1.165, 1.54) is 0 Å². The van der Waals surface area contributed by atoms with Gasteiger partial charge in [0.15, 0.2) is 0 Å². The third kappa shape index (κ3) is 2.44. The smallest absolute Gasteiger partial charge is 0.0852 e.